The van der Waals surface area contributed by atoms with Crippen molar-refractivity contribution in [2.45, 2.75) is 40.4 Å². The second-order valence-electron chi connectivity index (χ2n) is 7.92. The number of anilines is 1. The maximum Gasteiger partial charge on any atom is 0.297 e. The highest BCUT2D eigenvalue weighted by Crippen LogP contribution is 2.29. The number of aromatic nitrogens is 4. The molecule has 1 aliphatic rings. The molecule has 2 unspecified atom stereocenters. The van der Waals surface area contributed by atoms with E-state index in [1.54, 1.807) is 0 Å². The van der Waals surface area contributed by atoms with Crippen LogP contribution in [0.4, 0.5) is 5.69 Å². The van der Waals surface area contributed by atoms with Crippen molar-refractivity contribution >= 4 is 11.5 Å². The molecular formula is C21H27N5O2. The van der Waals surface area contributed by atoms with Crippen LogP contribution in [0.2, 0.25) is 0 Å². The highest BCUT2D eigenvalue weighted by Gasteiger charge is 2.34. The van der Waals surface area contributed by atoms with E-state index in [4.69, 9.17) is 4.74 Å². The van der Waals surface area contributed by atoms with Crippen molar-refractivity contribution < 1.29 is 4.74 Å². The summed E-state index contributed by atoms with van der Waals surface area (Å²) in [6, 6.07) is 10.2. The van der Waals surface area contributed by atoms with E-state index in [1.165, 1.54) is 10.1 Å². The van der Waals surface area contributed by atoms with Crippen molar-refractivity contribution in [3.63, 3.8) is 0 Å². The topological polar surface area (TPSA) is 75.5 Å². The Morgan fingerprint density at radius 3 is 2.46 bits per heavy atom. The first-order chi connectivity index (χ1) is 13.4. The molecule has 7 nitrogen and oxygen atoms in total. The molecule has 0 amide bonds. The molecule has 1 aromatic carbocycles. The lowest BCUT2D eigenvalue weighted by atomic mass is 9.87. The lowest BCUT2D eigenvalue weighted by Crippen LogP contribution is -2.50. The fourth-order valence-corrected chi connectivity index (χ4v) is 4.30. The molecule has 2 aromatic heterocycles. The molecule has 1 fully saturated rings. The third-order valence-electron chi connectivity index (χ3n) is 5.50. The van der Waals surface area contributed by atoms with Crippen LogP contribution in [0, 0.1) is 25.7 Å². The van der Waals surface area contributed by atoms with E-state index in [-0.39, 0.29) is 11.7 Å². The summed E-state index contributed by atoms with van der Waals surface area (Å²) >= 11 is 0. The Labute approximate surface area is 164 Å². The van der Waals surface area contributed by atoms with Gasteiger partial charge in [-0.3, -0.25) is 9.89 Å². The molecule has 1 N–H and O–H groups in total. The standard InChI is InChI=1S/C21H27N5O2/c1-13-10-25(11-14(2)19(13)28-12-17-8-6-5-7-9-17)18-15(3)22-21-23-16(4)24-26(21)20(18)27/h5-9,13-14,19H,10-12H2,1-4H3,(H,22,23,24). The zero-order valence-electron chi connectivity index (χ0n) is 16.8. The van der Waals surface area contributed by atoms with Gasteiger partial charge in [-0.05, 0) is 19.4 Å². The number of nitrogens with one attached hydrogen (secondary N) is 1. The number of nitrogens with zero attached hydrogens (tertiary/aromatic N) is 4. The van der Waals surface area contributed by atoms with Gasteiger partial charge in [0.2, 0.25) is 0 Å². The Morgan fingerprint density at radius 1 is 1.11 bits per heavy atom. The molecular weight excluding hydrogens is 354 g/mol. The number of hydrogen-bond donors (Lipinski definition) is 1. The monoisotopic (exact) mass is 381 g/mol. The molecule has 7 heteroatoms. The van der Waals surface area contributed by atoms with Gasteiger partial charge >= 0.3 is 0 Å². The molecule has 0 bridgehead atoms. The fraction of sp³-hybridized carbons (Fsp3) is 0.476. The Hall–Kier alpha value is -2.67. The number of aryl methyl sites for hydroxylation is 2. The van der Waals surface area contributed by atoms with Crippen molar-refractivity contribution in [1.29, 1.82) is 0 Å². The maximum atomic E-state index is 13.0. The first-order valence-corrected chi connectivity index (χ1v) is 9.80. The number of H-pyrrole nitrogens is 1. The quantitative estimate of drug-likeness (QED) is 0.752. The van der Waals surface area contributed by atoms with Gasteiger partial charge in [0.25, 0.3) is 11.3 Å². The smallest absolute Gasteiger partial charge is 0.297 e. The second-order valence-corrected chi connectivity index (χ2v) is 7.92. The van der Waals surface area contributed by atoms with Crippen LogP contribution < -0.4 is 10.5 Å². The number of hydrogen-bond acceptors (Lipinski definition) is 5. The summed E-state index contributed by atoms with van der Waals surface area (Å²) in [5.41, 5.74) is 2.47. The summed E-state index contributed by atoms with van der Waals surface area (Å²) < 4.78 is 7.71. The van der Waals surface area contributed by atoms with Gasteiger partial charge in [-0.25, -0.2) is 4.98 Å². The zero-order valence-corrected chi connectivity index (χ0v) is 16.8. The summed E-state index contributed by atoms with van der Waals surface area (Å²) in [6.45, 7) is 10.2. The third kappa shape index (κ3) is 3.42. The SMILES string of the molecule is Cc1nc2nc(C)c(N3CC(C)C(OCc4ccccc4)C(C)C3)c(=O)n2[nH]1. The molecule has 28 heavy (non-hydrogen) atoms. The van der Waals surface area contributed by atoms with Crippen LogP contribution in [0.1, 0.15) is 30.9 Å². The van der Waals surface area contributed by atoms with Gasteiger partial charge in [-0.2, -0.15) is 9.50 Å². The Bertz CT molecular complexity index is 1010. The minimum absolute atomic E-state index is 0.0915. The van der Waals surface area contributed by atoms with Gasteiger partial charge in [-0.1, -0.05) is 44.2 Å². The van der Waals surface area contributed by atoms with Crippen LogP contribution in [0.3, 0.4) is 0 Å². The molecule has 4 rings (SSSR count). The van der Waals surface area contributed by atoms with E-state index in [2.05, 4.69) is 45.9 Å². The van der Waals surface area contributed by atoms with Crippen LogP contribution in [-0.2, 0) is 11.3 Å². The molecule has 0 radical (unpaired) electrons. The average molecular weight is 381 g/mol. The van der Waals surface area contributed by atoms with E-state index in [1.807, 2.05) is 32.0 Å². The minimum Gasteiger partial charge on any atom is -0.373 e. The fourth-order valence-electron chi connectivity index (χ4n) is 4.30. The van der Waals surface area contributed by atoms with Gasteiger partial charge in [0.15, 0.2) is 0 Å². The lowest BCUT2D eigenvalue weighted by Gasteiger charge is -2.42. The number of ether oxygens (including phenoxy) is 1. The van der Waals surface area contributed by atoms with Crippen molar-refractivity contribution in [1.82, 2.24) is 19.6 Å². The largest absolute Gasteiger partial charge is 0.373 e. The molecule has 148 valence electrons. The molecule has 1 aliphatic heterocycles. The van der Waals surface area contributed by atoms with E-state index >= 15 is 0 Å². The number of fused-ring (bicyclic) bond motifs is 1. The zero-order chi connectivity index (χ0) is 19.8. The molecule has 2 atom stereocenters. The Kier molecular flexibility index (Phi) is 4.93. The summed E-state index contributed by atoms with van der Waals surface area (Å²) in [4.78, 5) is 24.0. The van der Waals surface area contributed by atoms with Crippen LogP contribution in [0.5, 0.6) is 0 Å². The molecule has 3 aromatic rings. The maximum absolute atomic E-state index is 13.0. The van der Waals surface area contributed by atoms with Gasteiger partial charge < -0.3 is 9.64 Å². The highest BCUT2D eigenvalue weighted by atomic mass is 16.5. The molecule has 0 spiro atoms. The van der Waals surface area contributed by atoms with E-state index in [0.717, 1.165) is 18.8 Å². The number of piperidine rings is 1. The van der Waals surface area contributed by atoms with E-state index in [0.29, 0.717) is 35.7 Å². The predicted octanol–water partition coefficient (Wildman–Crippen LogP) is 2.71. The van der Waals surface area contributed by atoms with Crippen LogP contribution >= 0.6 is 0 Å². The minimum atomic E-state index is -0.0915. The molecule has 0 saturated carbocycles. The predicted molar refractivity (Wildman–Crippen MR) is 109 cm³/mol. The first kappa shape index (κ1) is 18.7. The molecule has 0 aliphatic carbocycles. The average Bonchev–Trinajstić information content (AvgIpc) is 3.02. The summed E-state index contributed by atoms with van der Waals surface area (Å²) in [5.74, 6) is 1.70. The normalized spacial score (nSPS) is 22.7. The number of aromatic amines is 1. The van der Waals surface area contributed by atoms with Crippen molar-refractivity contribution in [2.75, 3.05) is 18.0 Å². The van der Waals surface area contributed by atoms with Crippen molar-refractivity contribution in [2.24, 2.45) is 11.8 Å². The van der Waals surface area contributed by atoms with Gasteiger partial charge in [0, 0.05) is 24.9 Å². The Morgan fingerprint density at radius 2 is 1.79 bits per heavy atom. The molecule has 3 heterocycles. The number of rotatable bonds is 4. The van der Waals surface area contributed by atoms with E-state index < -0.39 is 0 Å². The molecule has 1 saturated heterocycles. The van der Waals surface area contributed by atoms with Crippen molar-refractivity contribution in [3.05, 3.63) is 57.8 Å². The first-order valence-electron chi connectivity index (χ1n) is 9.80. The van der Waals surface area contributed by atoms with Crippen LogP contribution in [-0.4, -0.2) is 38.8 Å². The highest BCUT2D eigenvalue weighted by molar-refractivity contribution is 5.52. The summed E-state index contributed by atoms with van der Waals surface area (Å²) in [7, 11) is 0. The second kappa shape index (κ2) is 7.39. The Balaban J connectivity index is 1.54. The number of benzene rings is 1. The van der Waals surface area contributed by atoms with Crippen molar-refractivity contribution in [3.8, 4) is 0 Å². The summed E-state index contributed by atoms with van der Waals surface area (Å²) in [6.07, 6.45) is 0.158. The van der Waals surface area contributed by atoms with Gasteiger partial charge in [0.1, 0.15) is 11.5 Å². The summed E-state index contributed by atoms with van der Waals surface area (Å²) in [5, 5.41) is 2.98. The van der Waals surface area contributed by atoms with E-state index in [9.17, 15) is 4.79 Å². The third-order valence-corrected chi connectivity index (χ3v) is 5.50. The lowest BCUT2D eigenvalue weighted by molar-refractivity contribution is -0.0348. The van der Waals surface area contributed by atoms with Gasteiger partial charge in [-0.15, -0.1) is 0 Å². The van der Waals surface area contributed by atoms with Crippen LogP contribution in [0.15, 0.2) is 35.1 Å². The van der Waals surface area contributed by atoms with Crippen LogP contribution in [0.25, 0.3) is 5.78 Å². The van der Waals surface area contributed by atoms with Gasteiger partial charge in [0.05, 0.1) is 18.4 Å².